The van der Waals surface area contributed by atoms with E-state index in [2.05, 4.69) is 15.6 Å². The number of amides is 6. The van der Waals surface area contributed by atoms with Crippen molar-refractivity contribution in [3.05, 3.63) is 99.9 Å². The standard InChI is InChI=1S/C43H45FN6O10/c44-32-9-8-27(25-34-28-4-1-2-5-29(28)36(51)26-46-34)24-31(32)41(55)49-16-14-48(15-17-49)38(53)12-18-58-20-22-60-23-21-59-19-13-45-33-7-3-6-30-39(33)43(57)50(42(30)56)35-10-11-37(52)47-40(35)54/h1-9,24,35,45H,10-23,25-26H2,(H,47,52,54). The van der Waals surface area contributed by atoms with Crippen LogP contribution >= 0.6 is 0 Å². The quantitative estimate of drug-likeness (QED) is 0.150. The molecule has 4 heterocycles. The fourth-order valence-corrected chi connectivity index (χ4v) is 7.62. The molecule has 6 amide bonds. The highest BCUT2D eigenvalue weighted by atomic mass is 19.1. The number of ketones is 1. The second kappa shape index (κ2) is 19.3. The van der Waals surface area contributed by atoms with Gasteiger partial charge >= 0.3 is 0 Å². The Hall–Kier alpha value is -6.17. The molecule has 0 spiro atoms. The highest BCUT2D eigenvalue weighted by molar-refractivity contribution is 6.25. The molecule has 60 heavy (non-hydrogen) atoms. The predicted molar refractivity (Wildman–Crippen MR) is 213 cm³/mol. The summed E-state index contributed by atoms with van der Waals surface area (Å²) >= 11 is 0. The zero-order valence-corrected chi connectivity index (χ0v) is 32.9. The number of halogens is 1. The number of carbonyl (C=O) groups is 7. The molecule has 4 aliphatic heterocycles. The van der Waals surface area contributed by atoms with E-state index < -0.39 is 41.4 Å². The SMILES string of the molecule is O=C1CCC(N2C(=O)c3cccc(NCCOCCOCCOCCC(=O)N4CCN(C(=O)c5cc(CC6=NCC(=O)c7ccccc76)ccc5F)CC4)c3C2=O)C(=O)N1. The fourth-order valence-electron chi connectivity index (χ4n) is 7.62. The van der Waals surface area contributed by atoms with Gasteiger partial charge in [-0.25, -0.2) is 4.39 Å². The van der Waals surface area contributed by atoms with Gasteiger partial charge in [-0.15, -0.1) is 0 Å². The molecule has 0 bridgehead atoms. The van der Waals surface area contributed by atoms with Crippen LogP contribution in [0.2, 0.25) is 0 Å². The zero-order valence-electron chi connectivity index (χ0n) is 32.9. The molecular weight excluding hydrogens is 780 g/mol. The van der Waals surface area contributed by atoms with Gasteiger partial charge in [0.25, 0.3) is 17.7 Å². The van der Waals surface area contributed by atoms with Gasteiger partial charge in [-0.3, -0.25) is 48.8 Å². The van der Waals surface area contributed by atoms with Crippen LogP contribution in [0.25, 0.3) is 0 Å². The molecule has 0 radical (unpaired) electrons. The minimum absolute atomic E-state index is 0.0423. The Kier molecular flexibility index (Phi) is 13.5. The van der Waals surface area contributed by atoms with E-state index in [0.29, 0.717) is 68.4 Å². The lowest BCUT2D eigenvalue weighted by atomic mass is 9.92. The van der Waals surface area contributed by atoms with Gasteiger partial charge in [0.05, 0.1) is 62.8 Å². The molecular formula is C43H45FN6O10. The molecule has 16 nitrogen and oxygen atoms in total. The average molecular weight is 825 g/mol. The van der Waals surface area contributed by atoms with Crippen molar-refractivity contribution in [2.75, 3.05) is 84.2 Å². The normalized spacial score (nSPS) is 17.7. The van der Waals surface area contributed by atoms with Gasteiger partial charge in [0.15, 0.2) is 5.78 Å². The van der Waals surface area contributed by atoms with Crippen LogP contribution in [0.5, 0.6) is 0 Å². The first-order chi connectivity index (χ1) is 29.1. The molecule has 2 fully saturated rings. The number of imide groups is 2. The predicted octanol–water partition coefficient (Wildman–Crippen LogP) is 2.29. The summed E-state index contributed by atoms with van der Waals surface area (Å²) in [7, 11) is 0. The van der Waals surface area contributed by atoms with Crippen LogP contribution in [-0.4, -0.2) is 147 Å². The van der Waals surface area contributed by atoms with E-state index in [9.17, 15) is 38.0 Å². The summed E-state index contributed by atoms with van der Waals surface area (Å²) in [5, 5.41) is 5.30. The maximum absolute atomic E-state index is 14.9. The Morgan fingerprint density at radius 3 is 2.22 bits per heavy atom. The van der Waals surface area contributed by atoms with Crippen molar-refractivity contribution in [2.24, 2.45) is 4.99 Å². The van der Waals surface area contributed by atoms with E-state index in [4.69, 9.17) is 14.2 Å². The van der Waals surface area contributed by atoms with E-state index in [0.717, 1.165) is 10.5 Å². The number of nitrogens with one attached hydrogen (secondary N) is 2. The summed E-state index contributed by atoms with van der Waals surface area (Å²) in [5.74, 6) is -3.49. The maximum atomic E-state index is 14.9. The Bertz CT molecular complexity index is 2220. The monoisotopic (exact) mass is 824 g/mol. The summed E-state index contributed by atoms with van der Waals surface area (Å²) < 4.78 is 31.6. The third-order valence-electron chi connectivity index (χ3n) is 10.7. The van der Waals surface area contributed by atoms with Gasteiger partial charge in [-0.1, -0.05) is 36.4 Å². The number of hydrogen-bond acceptors (Lipinski definition) is 12. The van der Waals surface area contributed by atoms with Gasteiger partial charge in [-0.05, 0) is 36.2 Å². The molecule has 17 heteroatoms. The van der Waals surface area contributed by atoms with Crippen molar-refractivity contribution in [1.29, 1.82) is 0 Å². The van der Waals surface area contributed by atoms with Crippen molar-refractivity contribution in [3.63, 3.8) is 0 Å². The minimum Gasteiger partial charge on any atom is -0.382 e. The molecule has 3 aromatic rings. The van der Waals surface area contributed by atoms with Gasteiger partial charge < -0.3 is 29.3 Å². The summed E-state index contributed by atoms with van der Waals surface area (Å²) in [5.41, 5.74) is 3.54. The lowest BCUT2D eigenvalue weighted by Crippen LogP contribution is -2.54. The molecule has 4 aliphatic rings. The Morgan fingerprint density at radius 1 is 0.783 bits per heavy atom. The highest BCUT2D eigenvalue weighted by Gasteiger charge is 2.45. The van der Waals surface area contributed by atoms with E-state index in [1.807, 2.05) is 12.1 Å². The summed E-state index contributed by atoms with van der Waals surface area (Å²) in [4.78, 5) is 97.2. The number of aliphatic imine (C=N–C) groups is 1. The summed E-state index contributed by atoms with van der Waals surface area (Å²) in [6.45, 7) is 3.23. The number of anilines is 1. The molecule has 0 aromatic heterocycles. The van der Waals surface area contributed by atoms with Crippen LogP contribution in [0.4, 0.5) is 10.1 Å². The smallest absolute Gasteiger partial charge is 0.264 e. The van der Waals surface area contributed by atoms with E-state index >= 15 is 0 Å². The van der Waals surface area contributed by atoms with Crippen LogP contribution in [-0.2, 0) is 35.0 Å². The molecule has 3 aromatic carbocycles. The number of piperazine rings is 1. The molecule has 0 aliphatic carbocycles. The Labute approximate surface area is 345 Å². The molecule has 1 unspecified atom stereocenters. The van der Waals surface area contributed by atoms with Gasteiger partial charge in [0.1, 0.15) is 18.4 Å². The van der Waals surface area contributed by atoms with Gasteiger partial charge in [0, 0.05) is 68.1 Å². The topological polar surface area (TPSA) is 193 Å². The second-order valence-corrected chi connectivity index (χ2v) is 14.6. The summed E-state index contributed by atoms with van der Waals surface area (Å²) in [6, 6.07) is 15.5. The van der Waals surface area contributed by atoms with Crippen molar-refractivity contribution >= 4 is 52.6 Å². The summed E-state index contributed by atoms with van der Waals surface area (Å²) in [6.07, 6.45) is 0.637. The lowest BCUT2D eigenvalue weighted by molar-refractivity contribution is -0.136. The minimum atomic E-state index is -1.04. The van der Waals surface area contributed by atoms with E-state index in [1.165, 1.54) is 12.1 Å². The van der Waals surface area contributed by atoms with Crippen molar-refractivity contribution in [3.8, 4) is 0 Å². The van der Waals surface area contributed by atoms with Crippen LogP contribution in [0, 0.1) is 5.82 Å². The van der Waals surface area contributed by atoms with Crippen molar-refractivity contribution < 1.29 is 52.2 Å². The number of benzene rings is 3. The third kappa shape index (κ3) is 9.48. The first-order valence-electron chi connectivity index (χ1n) is 19.9. The van der Waals surface area contributed by atoms with Crippen LogP contribution < -0.4 is 10.6 Å². The molecule has 1 atom stereocenters. The number of ether oxygens (including phenoxy) is 3. The molecule has 7 rings (SSSR count). The first-order valence-corrected chi connectivity index (χ1v) is 19.9. The molecule has 314 valence electrons. The molecule has 0 saturated carbocycles. The Balaban J connectivity index is 0.741. The number of hydrogen-bond donors (Lipinski definition) is 2. The number of fused-ring (bicyclic) bond motifs is 2. The van der Waals surface area contributed by atoms with Gasteiger partial charge in [0.2, 0.25) is 17.7 Å². The van der Waals surface area contributed by atoms with Crippen molar-refractivity contribution in [1.82, 2.24) is 20.0 Å². The highest BCUT2D eigenvalue weighted by Crippen LogP contribution is 2.32. The van der Waals surface area contributed by atoms with E-state index in [1.54, 1.807) is 46.2 Å². The fraction of sp³-hybridized carbons (Fsp3) is 0.395. The first kappa shape index (κ1) is 42.0. The number of piperidine rings is 1. The Morgan fingerprint density at radius 2 is 1.47 bits per heavy atom. The third-order valence-corrected chi connectivity index (χ3v) is 10.7. The number of rotatable bonds is 17. The van der Waals surface area contributed by atoms with Gasteiger partial charge in [-0.2, -0.15) is 0 Å². The largest absolute Gasteiger partial charge is 0.382 e. The van der Waals surface area contributed by atoms with Crippen LogP contribution in [0.3, 0.4) is 0 Å². The lowest BCUT2D eigenvalue weighted by Gasteiger charge is -2.35. The van der Waals surface area contributed by atoms with Crippen LogP contribution in [0.15, 0.2) is 65.7 Å². The maximum Gasteiger partial charge on any atom is 0.264 e. The number of carbonyl (C=O) groups excluding carboxylic acids is 7. The van der Waals surface area contributed by atoms with E-state index in [-0.39, 0.29) is 87.1 Å². The number of Topliss-reactive ketones (excluding diaryl/α,β-unsaturated/α-hetero) is 1. The van der Waals surface area contributed by atoms with Crippen LogP contribution in [0.1, 0.15) is 71.8 Å². The zero-order chi connectivity index (χ0) is 42.2. The number of nitrogens with zero attached hydrogens (tertiary/aromatic N) is 4. The second-order valence-electron chi connectivity index (χ2n) is 14.6. The molecule has 2 N–H and O–H groups in total. The molecule has 2 saturated heterocycles. The van der Waals surface area contributed by atoms with Crippen molar-refractivity contribution in [2.45, 2.75) is 31.7 Å². The average Bonchev–Trinajstić information content (AvgIpc) is 3.51.